The van der Waals surface area contributed by atoms with Gasteiger partial charge in [-0.2, -0.15) is 4.31 Å². The van der Waals surface area contributed by atoms with Gasteiger partial charge in [0.2, 0.25) is 10.0 Å². The van der Waals surface area contributed by atoms with Crippen molar-refractivity contribution in [2.75, 3.05) is 26.2 Å². The number of carbonyl (C=O) groups is 1. The van der Waals surface area contributed by atoms with Crippen LogP contribution in [0.3, 0.4) is 0 Å². The SMILES string of the molecule is Cc1cccc(S(=O)(=O)N2CCN(C(=O)c3cc(C(C)O)c[nH]3)CC2)c1. The molecule has 0 saturated carbocycles. The fourth-order valence-corrected chi connectivity index (χ4v) is 4.53. The Labute approximate surface area is 153 Å². The van der Waals surface area contributed by atoms with Gasteiger partial charge < -0.3 is 15.0 Å². The number of piperazine rings is 1. The standard InChI is InChI=1S/C18H23N3O4S/c1-13-4-3-5-16(10-13)26(24,25)21-8-6-20(7-9-21)18(23)17-11-15(12-19-17)14(2)22/h3-5,10-12,14,19,22H,6-9H2,1-2H3. The van der Waals surface area contributed by atoms with Crippen LogP contribution in [0.5, 0.6) is 0 Å². The second-order valence-electron chi connectivity index (χ2n) is 6.54. The number of nitrogens with zero attached hydrogens (tertiary/aromatic N) is 2. The van der Waals surface area contributed by atoms with Crippen molar-refractivity contribution in [3.8, 4) is 0 Å². The molecular formula is C18H23N3O4S. The Morgan fingerprint density at radius 1 is 1.19 bits per heavy atom. The molecule has 1 aromatic heterocycles. The third kappa shape index (κ3) is 3.67. The molecule has 7 nitrogen and oxygen atoms in total. The molecule has 8 heteroatoms. The Kier molecular flexibility index (Phi) is 5.17. The maximum atomic E-state index is 12.8. The van der Waals surface area contributed by atoms with Crippen molar-refractivity contribution < 1.29 is 18.3 Å². The van der Waals surface area contributed by atoms with E-state index in [0.717, 1.165) is 5.56 Å². The first-order valence-corrected chi connectivity index (χ1v) is 9.95. The lowest BCUT2D eigenvalue weighted by atomic mass is 10.2. The lowest BCUT2D eigenvalue weighted by molar-refractivity contribution is 0.0692. The normalized spacial score (nSPS) is 17.3. The summed E-state index contributed by atoms with van der Waals surface area (Å²) in [6.45, 7) is 4.65. The lowest BCUT2D eigenvalue weighted by Crippen LogP contribution is -2.50. The van der Waals surface area contributed by atoms with Crippen LogP contribution in [0.15, 0.2) is 41.4 Å². The van der Waals surface area contributed by atoms with Crippen LogP contribution in [0.4, 0.5) is 0 Å². The molecular weight excluding hydrogens is 354 g/mol. The number of aromatic nitrogens is 1. The van der Waals surface area contributed by atoms with Gasteiger partial charge in [0.1, 0.15) is 5.69 Å². The smallest absolute Gasteiger partial charge is 0.270 e. The van der Waals surface area contributed by atoms with Gasteiger partial charge >= 0.3 is 0 Å². The van der Waals surface area contributed by atoms with E-state index in [4.69, 9.17) is 0 Å². The topological polar surface area (TPSA) is 93.7 Å². The molecule has 1 saturated heterocycles. The molecule has 1 aliphatic heterocycles. The van der Waals surface area contributed by atoms with Gasteiger partial charge in [0.25, 0.3) is 5.91 Å². The number of hydrogen-bond acceptors (Lipinski definition) is 4. The maximum absolute atomic E-state index is 12.8. The van der Waals surface area contributed by atoms with Gasteiger partial charge in [-0.3, -0.25) is 4.79 Å². The Morgan fingerprint density at radius 2 is 1.88 bits per heavy atom. The van der Waals surface area contributed by atoms with Crippen LogP contribution in [0.25, 0.3) is 0 Å². The van der Waals surface area contributed by atoms with E-state index >= 15 is 0 Å². The summed E-state index contributed by atoms with van der Waals surface area (Å²) in [5.41, 5.74) is 1.94. The van der Waals surface area contributed by atoms with E-state index in [2.05, 4.69) is 4.98 Å². The molecule has 2 N–H and O–H groups in total. The Morgan fingerprint density at radius 3 is 2.46 bits per heavy atom. The van der Waals surface area contributed by atoms with E-state index in [0.29, 0.717) is 24.3 Å². The number of nitrogens with one attached hydrogen (secondary N) is 1. The lowest BCUT2D eigenvalue weighted by Gasteiger charge is -2.33. The minimum absolute atomic E-state index is 0.190. The number of rotatable bonds is 4. The predicted octanol–water partition coefficient (Wildman–Crippen LogP) is 1.52. The van der Waals surface area contributed by atoms with Crippen molar-refractivity contribution in [1.29, 1.82) is 0 Å². The first kappa shape index (κ1) is 18.6. The summed E-state index contributed by atoms with van der Waals surface area (Å²) in [6.07, 6.45) is 0.959. The first-order valence-electron chi connectivity index (χ1n) is 8.51. The molecule has 1 aromatic carbocycles. The molecule has 2 aromatic rings. The Hall–Kier alpha value is -2.16. The maximum Gasteiger partial charge on any atom is 0.270 e. The van der Waals surface area contributed by atoms with Crippen LogP contribution in [0.1, 0.15) is 34.6 Å². The summed E-state index contributed by atoms with van der Waals surface area (Å²) >= 11 is 0. The quantitative estimate of drug-likeness (QED) is 0.845. The highest BCUT2D eigenvalue weighted by molar-refractivity contribution is 7.89. The summed E-state index contributed by atoms with van der Waals surface area (Å²) < 4.78 is 26.9. The number of benzene rings is 1. The molecule has 140 valence electrons. The number of aliphatic hydroxyl groups excluding tert-OH is 1. The molecule has 3 rings (SSSR count). The van der Waals surface area contributed by atoms with E-state index in [1.807, 2.05) is 13.0 Å². The Bertz CT molecular complexity index is 897. The molecule has 0 aliphatic carbocycles. The van der Waals surface area contributed by atoms with E-state index in [1.165, 1.54) is 4.31 Å². The highest BCUT2D eigenvalue weighted by atomic mass is 32.2. The van der Waals surface area contributed by atoms with Crippen LogP contribution in [0.2, 0.25) is 0 Å². The van der Waals surface area contributed by atoms with Gasteiger partial charge in [-0.1, -0.05) is 12.1 Å². The molecule has 1 aliphatic rings. The van der Waals surface area contributed by atoms with E-state index in [1.54, 1.807) is 42.3 Å². The zero-order valence-electron chi connectivity index (χ0n) is 14.8. The van der Waals surface area contributed by atoms with Crippen molar-refractivity contribution in [2.24, 2.45) is 0 Å². The van der Waals surface area contributed by atoms with Crippen LogP contribution in [0, 0.1) is 6.92 Å². The summed E-state index contributed by atoms with van der Waals surface area (Å²) in [5.74, 6) is -0.190. The number of sulfonamides is 1. The molecule has 1 unspecified atom stereocenters. The molecule has 2 heterocycles. The molecule has 0 bridgehead atoms. The van der Waals surface area contributed by atoms with Crippen molar-refractivity contribution in [3.05, 3.63) is 53.3 Å². The molecule has 0 spiro atoms. The van der Waals surface area contributed by atoms with Crippen LogP contribution >= 0.6 is 0 Å². The number of aryl methyl sites for hydroxylation is 1. The average molecular weight is 377 g/mol. The third-order valence-corrected chi connectivity index (χ3v) is 6.47. The van der Waals surface area contributed by atoms with Gasteiger partial charge in [0, 0.05) is 32.4 Å². The average Bonchev–Trinajstić information content (AvgIpc) is 3.11. The van der Waals surface area contributed by atoms with Gasteiger partial charge in [-0.25, -0.2) is 8.42 Å². The highest BCUT2D eigenvalue weighted by Gasteiger charge is 2.30. The van der Waals surface area contributed by atoms with Crippen molar-refractivity contribution in [3.63, 3.8) is 0 Å². The second kappa shape index (κ2) is 7.22. The molecule has 1 fully saturated rings. The largest absolute Gasteiger partial charge is 0.389 e. The fourth-order valence-electron chi connectivity index (χ4n) is 3.00. The van der Waals surface area contributed by atoms with E-state index < -0.39 is 16.1 Å². The predicted molar refractivity (Wildman–Crippen MR) is 97.3 cm³/mol. The van der Waals surface area contributed by atoms with Gasteiger partial charge in [-0.15, -0.1) is 0 Å². The van der Waals surface area contributed by atoms with E-state index in [-0.39, 0.29) is 23.9 Å². The third-order valence-electron chi connectivity index (χ3n) is 4.57. The van der Waals surface area contributed by atoms with E-state index in [9.17, 15) is 18.3 Å². The first-order chi connectivity index (χ1) is 12.3. The summed E-state index contributed by atoms with van der Waals surface area (Å²) in [5, 5.41) is 9.56. The van der Waals surface area contributed by atoms with Crippen LogP contribution in [-0.2, 0) is 10.0 Å². The highest BCUT2D eigenvalue weighted by Crippen LogP contribution is 2.20. The Balaban J connectivity index is 1.67. The number of carbonyl (C=O) groups excluding carboxylic acids is 1. The summed E-state index contributed by atoms with van der Waals surface area (Å²) in [4.78, 5) is 17.3. The molecule has 1 amide bonds. The number of aromatic amines is 1. The fraction of sp³-hybridized carbons (Fsp3) is 0.389. The van der Waals surface area contributed by atoms with Crippen molar-refractivity contribution >= 4 is 15.9 Å². The van der Waals surface area contributed by atoms with Gasteiger partial charge in [-0.05, 0) is 43.2 Å². The molecule has 26 heavy (non-hydrogen) atoms. The summed E-state index contributed by atoms with van der Waals surface area (Å²) in [6, 6.07) is 8.46. The number of aliphatic hydroxyl groups is 1. The summed E-state index contributed by atoms with van der Waals surface area (Å²) in [7, 11) is -3.55. The number of amides is 1. The van der Waals surface area contributed by atoms with Crippen LogP contribution < -0.4 is 0 Å². The minimum Gasteiger partial charge on any atom is -0.389 e. The van der Waals surface area contributed by atoms with Crippen LogP contribution in [-0.4, -0.2) is 59.8 Å². The van der Waals surface area contributed by atoms with Crippen molar-refractivity contribution in [2.45, 2.75) is 24.8 Å². The zero-order chi connectivity index (χ0) is 18.9. The van der Waals surface area contributed by atoms with Gasteiger partial charge in [0.15, 0.2) is 0 Å². The van der Waals surface area contributed by atoms with Gasteiger partial charge in [0.05, 0.1) is 11.0 Å². The van der Waals surface area contributed by atoms with Crippen molar-refractivity contribution in [1.82, 2.24) is 14.2 Å². The number of H-pyrrole nitrogens is 1. The minimum atomic E-state index is -3.55. The zero-order valence-corrected chi connectivity index (χ0v) is 15.7. The molecule has 0 radical (unpaired) electrons. The second-order valence-corrected chi connectivity index (χ2v) is 8.47. The molecule has 1 atom stereocenters. The monoisotopic (exact) mass is 377 g/mol. The number of hydrogen-bond donors (Lipinski definition) is 2.